The monoisotopic (exact) mass is 336 g/mol. The molecule has 0 radical (unpaired) electrons. The summed E-state index contributed by atoms with van der Waals surface area (Å²) in [5, 5.41) is 1.29. The average Bonchev–Trinajstić information content (AvgIpc) is 2.82. The Morgan fingerprint density at radius 3 is 2.28 bits per heavy atom. The largest absolute Gasteiger partial charge is 0.496 e. The van der Waals surface area contributed by atoms with Crippen molar-refractivity contribution in [1.82, 2.24) is 0 Å². The maximum absolute atomic E-state index is 12.7. The fourth-order valence-electron chi connectivity index (χ4n) is 3.01. The van der Waals surface area contributed by atoms with Crippen LogP contribution in [0.3, 0.4) is 0 Å². The minimum atomic E-state index is -0.0904. The normalized spacial score (nSPS) is 11.2. The molecule has 0 atom stereocenters. The summed E-state index contributed by atoms with van der Waals surface area (Å²) in [6, 6.07) is 11.1. The molecule has 1 aromatic heterocycles. The van der Waals surface area contributed by atoms with Crippen molar-refractivity contribution >= 4 is 22.9 Å². The lowest BCUT2D eigenvalue weighted by atomic mass is 10.1. The van der Waals surface area contributed by atoms with Crippen molar-refractivity contribution in [3.05, 3.63) is 69.3 Å². The van der Waals surface area contributed by atoms with E-state index in [0.717, 1.165) is 22.3 Å². The Bertz CT molecular complexity index is 1010. The Labute approximate surface area is 146 Å². The molecule has 1 heterocycles. The van der Waals surface area contributed by atoms with Gasteiger partial charge in [0.05, 0.1) is 25.0 Å². The molecular formula is C21H20O4. The van der Waals surface area contributed by atoms with E-state index in [1.165, 1.54) is 0 Å². The van der Waals surface area contributed by atoms with E-state index in [9.17, 15) is 4.79 Å². The van der Waals surface area contributed by atoms with Gasteiger partial charge in [-0.15, -0.1) is 0 Å². The number of ether oxygens (including phenoxy) is 2. The summed E-state index contributed by atoms with van der Waals surface area (Å²) in [5.41, 5.74) is 1.60. The van der Waals surface area contributed by atoms with Crippen molar-refractivity contribution < 1.29 is 13.9 Å². The molecule has 25 heavy (non-hydrogen) atoms. The van der Waals surface area contributed by atoms with Crippen molar-refractivity contribution in [2.75, 3.05) is 14.2 Å². The van der Waals surface area contributed by atoms with Crippen LogP contribution in [-0.2, 0) is 0 Å². The van der Waals surface area contributed by atoms with Crippen molar-refractivity contribution in [2.45, 2.75) is 13.8 Å². The number of fused-ring (bicyclic) bond motifs is 1. The van der Waals surface area contributed by atoms with E-state index < -0.39 is 0 Å². The standard InChI is InChI=1S/C21H20O4/c1-13-20-17(22)11-15(12-19(24-4)21(20)14(2)25-13)9-10-16-7-5-6-8-18(16)23-3/h5-12H,1-4H3/b10-9+. The Morgan fingerprint density at radius 2 is 1.56 bits per heavy atom. The molecule has 3 aromatic rings. The van der Waals surface area contributed by atoms with Crippen LogP contribution in [0.25, 0.3) is 22.9 Å². The fourth-order valence-corrected chi connectivity index (χ4v) is 3.01. The molecule has 0 spiro atoms. The molecule has 4 heteroatoms. The minimum absolute atomic E-state index is 0.0904. The Hall–Kier alpha value is -3.01. The number of hydrogen-bond donors (Lipinski definition) is 0. The summed E-state index contributed by atoms with van der Waals surface area (Å²) in [6.45, 7) is 3.63. The molecular weight excluding hydrogens is 316 g/mol. The second-order valence-electron chi connectivity index (χ2n) is 5.76. The van der Waals surface area contributed by atoms with Gasteiger partial charge in [0.25, 0.3) is 0 Å². The molecule has 0 aliphatic heterocycles. The van der Waals surface area contributed by atoms with Crippen molar-refractivity contribution in [2.24, 2.45) is 0 Å². The maximum atomic E-state index is 12.7. The third kappa shape index (κ3) is 3.15. The van der Waals surface area contributed by atoms with Gasteiger partial charge in [0.2, 0.25) is 0 Å². The summed E-state index contributed by atoms with van der Waals surface area (Å²) in [4.78, 5) is 12.7. The van der Waals surface area contributed by atoms with Crippen LogP contribution in [0, 0.1) is 13.8 Å². The van der Waals surface area contributed by atoms with Gasteiger partial charge in [-0.05, 0) is 37.6 Å². The first-order valence-electron chi connectivity index (χ1n) is 7.98. The summed E-state index contributed by atoms with van der Waals surface area (Å²) in [6.07, 6.45) is 3.80. The second-order valence-corrected chi connectivity index (χ2v) is 5.76. The highest BCUT2D eigenvalue weighted by Crippen LogP contribution is 2.31. The number of furan rings is 1. The Kier molecular flexibility index (Phi) is 4.61. The van der Waals surface area contributed by atoms with E-state index in [0.29, 0.717) is 22.7 Å². The van der Waals surface area contributed by atoms with E-state index in [1.807, 2.05) is 49.4 Å². The molecule has 0 unspecified atom stereocenters. The van der Waals surface area contributed by atoms with E-state index in [2.05, 4.69) is 0 Å². The van der Waals surface area contributed by atoms with Crippen molar-refractivity contribution in [3.8, 4) is 11.5 Å². The first-order valence-corrected chi connectivity index (χ1v) is 7.98. The topological polar surface area (TPSA) is 48.7 Å². The van der Waals surface area contributed by atoms with Gasteiger partial charge in [-0.1, -0.05) is 30.4 Å². The molecule has 4 nitrogen and oxygen atoms in total. The summed E-state index contributed by atoms with van der Waals surface area (Å²) < 4.78 is 16.5. The highest BCUT2D eigenvalue weighted by molar-refractivity contribution is 5.92. The highest BCUT2D eigenvalue weighted by Gasteiger charge is 2.14. The zero-order valence-electron chi connectivity index (χ0n) is 14.8. The molecule has 0 saturated carbocycles. The average molecular weight is 336 g/mol. The zero-order chi connectivity index (χ0) is 18.0. The SMILES string of the molecule is COc1ccccc1/C=C/c1cc(OC)c2c(C)oc(C)c2c(=O)c1. The van der Waals surface area contributed by atoms with Crippen LogP contribution < -0.4 is 14.9 Å². The number of benzene rings is 1. The minimum Gasteiger partial charge on any atom is -0.496 e. The van der Waals surface area contributed by atoms with Crippen LogP contribution in [0.5, 0.6) is 11.5 Å². The van der Waals surface area contributed by atoms with Gasteiger partial charge in [-0.2, -0.15) is 0 Å². The summed E-state index contributed by atoms with van der Waals surface area (Å²) >= 11 is 0. The van der Waals surface area contributed by atoms with Gasteiger partial charge in [-0.25, -0.2) is 0 Å². The van der Waals surface area contributed by atoms with Gasteiger partial charge >= 0.3 is 0 Å². The molecule has 128 valence electrons. The van der Waals surface area contributed by atoms with Crippen molar-refractivity contribution in [1.29, 1.82) is 0 Å². The van der Waals surface area contributed by atoms with Gasteiger partial charge in [0, 0.05) is 5.56 Å². The van der Waals surface area contributed by atoms with E-state index in [-0.39, 0.29) is 5.43 Å². The van der Waals surface area contributed by atoms with Crippen molar-refractivity contribution in [3.63, 3.8) is 0 Å². The van der Waals surface area contributed by atoms with Crippen LogP contribution >= 0.6 is 0 Å². The molecule has 0 aliphatic rings. The first-order chi connectivity index (χ1) is 12.0. The van der Waals surface area contributed by atoms with Crippen LogP contribution in [0.2, 0.25) is 0 Å². The van der Waals surface area contributed by atoms with Crippen LogP contribution in [0.4, 0.5) is 0 Å². The quantitative estimate of drug-likeness (QED) is 0.699. The smallest absolute Gasteiger partial charge is 0.190 e. The maximum Gasteiger partial charge on any atom is 0.190 e. The molecule has 0 saturated heterocycles. The number of para-hydroxylation sites is 1. The lowest BCUT2D eigenvalue weighted by Gasteiger charge is -2.03. The molecule has 3 rings (SSSR count). The molecule has 0 bridgehead atoms. The van der Waals surface area contributed by atoms with Crippen LogP contribution in [-0.4, -0.2) is 14.2 Å². The van der Waals surface area contributed by atoms with Gasteiger partial charge in [0.15, 0.2) is 5.43 Å². The molecule has 0 N–H and O–H groups in total. The lowest BCUT2D eigenvalue weighted by Crippen LogP contribution is -1.95. The summed E-state index contributed by atoms with van der Waals surface area (Å²) in [7, 11) is 3.23. The number of rotatable bonds is 4. The van der Waals surface area contributed by atoms with E-state index in [4.69, 9.17) is 13.9 Å². The number of methoxy groups -OCH3 is 2. The molecule has 0 amide bonds. The van der Waals surface area contributed by atoms with Gasteiger partial charge in [-0.3, -0.25) is 4.79 Å². The van der Waals surface area contributed by atoms with Crippen LogP contribution in [0.15, 0.2) is 45.6 Å². The van der Waals surface area contributed by atoms with Gasteiger partial charge < -0.3 is 13.9 Å². The lowest BCUT2D eigenvalue weighted by molar-refractivity contribution is 0.414. The Balaban J connectivity index is 2.18. The highest BCUT2D eigenvalue weighted by atomic mass is 16.5. The predicted molar refractivity (Wildman–Crippen MR) is 100 cm³/mol. The zero-order valence-corrected chi connectivity index (χ0v) is 14.8. The number of aryl methyl sites for hydroxylation is 2. The van der Waals surface area contributed by atoms with E-state index in [1.54, 1.807) is 27.2 Å². The predicted octanol–water partition coefficient (Wildman–Crippen LogP) is 4.60. The summed E-state index contributed by atoms with van der Waals surface area (Å²) in [5.74, 6) is 2.67. The third-order valence-corrected chi connectivity index (χ3v) is 4.16. The van der Waals surface area contributed by atoms with Gasteiger partial charge in [0.1, 0.15) is 23.0 Å². The number of hydrogen-bond acceptors (Lipinski definition) is 4. The Morgan fingerprint density at radius 1 is 0.880 bits per heavy atom. The third-order valence-electron chi connectivity index (χ3n) is 4.16. The molecule has 0 aliphatic carbocycles. The molecule has 0 fully saturated rings. The fraction of sp³-hybridized carbons (Fsp3) is 0.190. The van der Waals surface area contributed by atoms with E-state index >= 15 is 0 Å². The van der Waals surface area contributed by atoms with Crippen LogP contribution in [0.1, 0.15) is 22.6 Å². The first kappa shape index (κ1) is 16.8. The molecule has 2 aromatic carbocycles. The second kappa shape index (κ2) is 6.85.